The Hall–Kier alpha value is -3.50. The second-order valence-corrected chi connectivity index (χ2v) is 8.61. The molecule has 5 heterocycles. The van der Waals surface area contributed by atoms with E-state index in [1.165, 1.54) is 4.88 Å². The minimum Gasteiger partial charge on any atom is -0.370 e. The maximum atomic E-state index is 6.10. The van der Waals surface area contributed by atoms with Gasteiger partial charge in [0.2, 0.25) is 5.95 Å². The zero-order valence-electron chi connectivity index (χ0n) is 16.6. The molecule has 31 heavy (non-hydrogen) atoms. The van der Waals surface area contributed by atoms with Gasteiger partial charge in [0.15, 0.2) is 0 Å². The first-order valence-corrected chi connectivity index (χ1v) is 10.9. The first kappa shape index (κ1) is 18.3. The smallest absolute Gasteiger partial charge is 0.226 e. The van der Waals surface area contributed by atoms with E-state index in [9.17, 15) is 0 Å². The number of nitrogens with one attached hydrogen (secondary N) is 3. The highest BCUT2D eigenvalue weighted by atomic mass is 32.1. The number of ether oxygens (including phenoxy) is 1. The molecule has 1 aliphatic heterocycles. The second-order valence-electron chi connectivity index (χ2n) is 7.44. The quantitative estimate of drug-likeness (QED) is 0.390. The van der Waals surface area contributed by atoms with Crippen molar-refractivity contribution < 1.29 is 4.74 Å². The summed E-state index contributed by atoms with van der Waals surface area (Å²) in [6.45, 7) is 2.81. The lowest BCUT2D eigenvalue weighted by Gasteiger charge is -2.33. The van der Waals surface area contributed by atoms with Gasteiger partial charge in [-0.2, -0.15) is 10.2 Å². The van der Waals surface area contributed by atoms with E-state index in [0.29, 0.717) is 19.7 Å². The largest absolute Gasteiger partial charge is 0.370 e. The number of nitrogens with zero attached hydrogens (tertiary/aromatic N) is 5. The summed E-state index contributed by atoms with van der Waals surface area (Å²) in [5.74, 6) is 1.64. The molecule has 1 saturated heterocycles. The number of rotatable bonds is 5. The van der Waals surface area contributed by atoms with Crippen LogP contribution in [0.5, 0.6) is 0 Å². The fourth-order valence-corrected chi connectivity index (χ4v) is 4.86. The molecule has 1 unspecified atom stereocenters. The van der Waals surface area contributed by atoms with E-state index >= 15 is 0 Å². The third kappa shape index (κ3) is 3.49. The van der Waals surface area contributed by atoms with Gasteiger partial charge in [-0.15, -0.1) is 11.3 Å². The predicted molar refractivity (Wildman–Crippen MR) is 120 cm³/mol. The molecule has 1 aromatic carbocycles. The Morgan fingerprint density at radius 3 is 3.13 bits per heavy atom. The van der Waals surface area contributed by atoms with Crippen molar-refractivity contribution >= 4 is 44.2 Å². The van der Waals surface area contributed by atoms with Crippen molar-refractivity contribution in [3.05, 3.63) is 59.4 Å². The molecule has 9 nitrogen and oxygen atoms in total. The van der Waals surface area contributed by atoms with Crippen molar-refractivity contribution in [1.29, 1.82) is 0 Å². The van der Waals surface area contributed by atoms with E-state index in [0.717, 1.165) is 45.0 Å². The van der Waals surface area contributed by atoms with Crippen molar-refractivity contribution in [2.75, 3.05) is 29.9 Å². The van der Waals surface area contributed by atoms with Crippen LogP contribution in [0.3, 0.4) is 0 Å². The van der Waals surface area contributed by atoms with E-state index in [2.05, 4.69) is 47.7 Å². The Morgan fingerprint density at radius 1 is 1.19 bits per heavy atom. The van der Waals surface area contributed by atoms with Crippen molar-refractivity contribution in [1.82, 2.24) is 30.4 Å². The maximum Gasteiger partial charge on any atom is 0.226 e. The number of aromatic amines is 2. The van der Waals surface area contributed by atoms with Crippen LogP contribution in [-0.2, 0) is 11.3 Å². The van der Waals surface area contributed by atoms with Gasteiger partial charge in [0.1, 0.15) is 11.9 Å². The molecule has 156 valence electrons. The topological polar surface area (TPSA) is 108 Å². The molecule has 1 atom stereocenters. The number of aromatic nitrogens is 6. The Kier molecular flexibility index (Phi) is 4.50. The molecule has 0 amide bonds. The van der Waals surface area contributed by atoms with Crippen LogP contribution in [0.2, 0.25) is 0 Å². The average molecular weight is 433 g/mol. The van der Waals surface area contributed by atoms with Crippen LogP contribution >= 0.6 is 11.3 Å². The highest BCUT2D eigenvalue weighted by Gasteiger charge is 2.25. The third-order valence-corrected chi connectivity index (χ3v) is 6.54. The summed E-state index contributed by atoms with van der Waals surface area (Å²) >= 11 is 1.70. The molecule has 1 fully saturated rings. The number of anilines is 2. The van der Waals surface area contributed by atoms with E-state index in [1.54, 1.807) is 17.5 Å². The van der Waals surface area contributed by atoms with Gasteiger partial charge >= 0.3 is 0 Å². The van der Waals surface area contributed by atoms with Crippen molar-refractivity contribution in [2.45, 2.75) is 12.6 Å². The zero-order valence-corrected chi connectivity index (χ0v) is 17.4. The molecule has 1 aliphatic rings. The molecule has 4 aromatic heterocycles. The summed E-state index contributed by atoms with van der Waals surface area (Å²) < 4.78 is 7.18. The molecule has 5 aromatic rings. The third-order valence-electron chi connectivity index (χ3n) is 5.48. The molecular weight excluding hydrogens is 412 g/mol. The van der Waals surface area contributed by atoms with Crippen molar-refractivity contribution in [3.63, 3.8) is 0 Å². The number of morpholine rings is 1. The van der Waals surface area contributed by atoms with Gasteiger partial charge in [0.25, 0.3) is 0 Å². The average Bonchev–Trinajstić information content (AvgIpc) is 3.57. The number of fused-ring (bicyclic) bond motifs is 2. The molecule has 0 spiro atoms. The van der Waals surface area contributed by atoms with E-state index < -0.39 is 0 Å². The number of benzene rings is 1. The maximum absolute atomic E-state index is 6.10. The van der Waals surface area contributed by atoms with E-state index in [-0.39, 0.29) is 6.10 Å². The lowest BCUT2D eigenvalue weighted by Crippen LogP contribution is -2.39. The summed E-state index contributed by atoms with van der Waals surface area (Å²) in [6, 6.07) is 10.2. The standard InChI is InChI=1S/C21H20N8OS/c1-2-14(15-10-25-27-16(15)3-1)18-12-29(6-7-30-18)21-23-11-19-17(26-21)8-13(31-19)9-22-20-4-5-24-28-20/h1-5,8,10-11,18H,6-7,9,12H2,(H,25,27)(H2,22,24,28). The van der Waals surface area contributed by atoms with Gasteiger partial charge in [0.05, 0.1) is 54.0 Å². The van der Waals surface area contributed by atoms with Crippen LogP contribution in [0.15, 0.2) is 48.9 Å². The van der Waals surface area contributed by atoms with Gasteiger partial charge in [-0.05, 0) is 23.8 Å². The highest BCUT2D eigenvalue weighted by molar-refractivity contribution is 7.19. The second kappa shape index (κ2) is 7.64. The lowest BCUT2D eigenvalue weighted by molar-refractivity contribution is 0.0402. The zero-order chi connectivity index (χ0) is 20.6. The Morgan fingerprint density at radius 2 is 2.19 bits per heavy atom. The van der Waals surface area contributed by atoms with Crippen LogP contribution in [-0.4, -0.2) is 50.1 Å². The van der Waals surface area contributed by atoms with Crippen molar-refractivity contribution in [2.24, 2.45) is 0 Å². The molecule has 0 bridgehead atoms. The highest BCUT2D eigenvalue weighted by Crippen LogP contribution is 2.31. The van der Waals surface area contributed by atoms with Crippen LogP contribution in [0, 0.1) is 0 Å². The monoisotopic (exact) mass is 432 g/mol. The van der Waals surface area contributed by atoms with Crippen LogP contribution in [0.1, 0.15) is 16.5 Å². The van der Waals surface area contributed by atoms with Gasteiger partial charge in [0, 0.05) is 16.8 Å². The summed E-state index contributed by atoms with van der Waals surface area (Å²) in [6.07, 6.45) is 5.46. The van der Waals surface area contributed by atoms with Crippen molar-refractivity contribution in [3.8, 4) is 0 Å². The minimum absolute atomic E-state index is 0.0500. The number of thiophene rings is 1. The number of hydrogen-bond donors (Lipinski definition) is 3. The Bertz CT molecular complexity index is 1330. The first-order chi connectivity index (χ1) is 15.3. The van der Waals surface area contributed by atoms with Gasteiger partial charge < -0.3 is 15.0 Å². The summed E-state index contributed by atoms with van der Waals surface area (Å²) in [4.78, 5) is 12.9. The van der Waals surface area contributed by atoms with E-state index in [4.69, 9.17) is 9.72 Å². The molecule has 6 rings (SSSR count). The number of H-pyrrole nitrogens is 2. The molecule has 0 radical (unpaired) electrons. The molecule has 0 aliphatic carbocycles. The normalized spacial score (nSPS) is 16.9. The minimum atomic E-state index is -0.0500. The van der Waals surface area contributed by atoms with Crippen LogP contribution < -0.4 is 10.2 Å². The van der Waals surface area contributed by atoms with Gasteiger partial charge in [-0.1, -0.05) is 12.1 Å². The molecule has 0 saturated carbocycles. The molecular formula is C21H20N8OS. The Labute approximate surface area is 181 Å². The SMILES string of the molecule is c1cc(C2CN(c3ncc4sc(CNc5ccn[nH]5)cc4n3)CCO2)c2cn[nH]c2c1. The van der Waals surface area contributed by atoms with Gasteiger partial charge in [-0.3, -0.25) is 10.2 Å². The summed E-state index contributed by atoms with van der Waals surface area (Å²) in [5, 5.41) is 18.5. The number of hydrogen-bond acceptors (Lipinski definition) is 8. The summed E-state index contributed by atoms with van der Waals surface area (Å²) in [5.41, 5.74) is 3.13. The van der Waals surface area contributed by atoms with Crippen LogP contribution in [0.25, 0.3) is 21.1 Å². The first-order valence-electron chi connectivity index (χ1n) is 10.1. The van der Waals surface area contributed by atoms with E-state index in [1.807, 2.05) is 30.6 Å². The lowest BCUT2D eigenvalue weighted by atomic mass is 10.0. The molecule has 10 heteroatoms. The summed E-state index contributed by atoms with van der Waals surface area (Å²) in [7, 11) is 0. The fourth-order valence-electron chi connectivity index (χ4n) is 3.95. The predicted octanol–water partition coefficient (Wildman–Crippen LogP) is 3.48. The van der Waals surface area contributed by atoms with Crippen LogP contribution in [0.4, 0.5) is 11.8 Å². The van der Waals surface area contributed by atoms with Gasteiger partial charge in [-0.25, -0.2) is 9.97 Å². The fraction of sp³-hybridized carbons (Fsp3) is 0.238. The Balaban J connectivity index is 1.23. The molecule has 3 N–H and O–H groups in total.